The van der Waals surface area contributed by atoms with E-state index < -0.39 is 0 Å². The highest BCUT2D eigenvalue weighted by molar-refractivity contribution is 8.19. The van der Waals surface area contributed by atoms with Crippen LogP contribution in [-0.4, -0.2) is 24.3 Å². The Hall–Kier alpha value is -5.18. The van der Waals surface area contributed by atoms with Crippen molar-refractivity contribution >= 4 is 51.9 Å². The van der Waals surface area contributed by atoms with Crippen molar-refractivity contribution in [3.63, 3.8) is 0 Å². The van der Waals surface area contributed by atoms with Crippen molar-refractivity contribution in [1.82, 2.24) is 0 Å². The maximum Gasteiger partial charge on any atom is 0.271 e. The molecule has 0 N–H and O–H groups in total. The fourth-order valence-corrected chi connectivity index (χ4v) is 6.62. The Morgan fingerprint density at radius 1 is 0.706 bits per heavy atom. The summed E-state index contributed by atoms with van der Waals surface area (Å²) in [4.78, 5) is 20.9. The first-order chi connectivity index (χ1) is 24.8. The second-order valence-corrected chi connectivity index (χ2v) is 13.3. The molecule has 51 heavy (non-hydrogen) atoms. The SMILES string of the molecule is CCOc1cc(COc2c(Cl)cc(/C=C3/SC(=Nc4ccc(C)cc4)N(c4ccc(C)cc4)C3=O)cc2OCC)ccc1OCc1ccccc1. The van der Waals surface area contributed by atoms with Gasteiger partial charge in [0, 0.05) is 0 Å². The number of carbonyl (C=O) groups excluding carboxylic acids is 1. The van der Waals surface area contributed by atoms with Crippen molar-refractivity contribution in [2.24, 2.45) is 4.99 Å². The number of rotatable bonds is 13. The molecule has 0 unspecified atom stereocenters. The summed E-state index contributed by atoms with van der Waals surface area (Å²) in [6.07, 6.45) is 1.81. The highest BCUT2D eigenvalue weighted by Gasteiger charge is 2.35. The lowest BCUT2D eigenvalue weighted by atomic mass is 10.1. The van der Waals surface area contributed by atoms with E-state index in [4.69, 9.17) is 35.5 Å². The number of benzene rings is 5. The monoisotopic (exact) mass is 718 g/mol. The number of aliphatic imine (C=N–C) groups is 1. The highest BCUT2D eigenvalue weighted by Crippen LogP contribution is 2.41. The van der Waals surface area contributed by atoms with Gasteiger partial charge in [0.05, 0.1) is 34.5 Å². The summed E-state index contributed by atoms with van der Waals surface area (Å²) in [5, 5.41) is 0.929. The number of ether oxygens (including phenoxy) is 4. The van der Waals surface area contributed by atoms with Crippen LogP contribution in [0.1, 0.15) is 41.7 Å². The predicted octanol–water partition coefficient (Wildman–Crippen LogP) is 10.7. The third kappa shape index (κ3) is 8.95. The Morgan fingerprint density at radius 3 is 2.08 bits per heavy atom. The zero-order valence-electron chi connectivity index (χ0n) is 29.0. The Morgan fingerprint density at radius 2 is 1.37 bits per heavy atom. The normalized spacial score (nSPS) is 14.3. The third-order valence-corrected chi connectivity index (χ3v) is 9.16. The second kappa shape index (κ2) is 16.7. The van der Waals surface area contributed by atoms with Crippen LogP contribution >= 0.6 is 23.4 Å². The molecular weight excluding hydrogens is 680 g/mol. The van der Waals surface area contributed by atoms with Gasteiger partial charge in [-0.25, -0.2) is 4.99 Å². The summed E-state index contributed by atoms with van der Waals surface area (Å²) in [7, 11) is 0. The van der Waals surface area contributed by atoms with Gasteiger partial charge in [-0.2, -0.15) is 0 Å². The van der Waals surface area contributed by atoms with Crippen LogP contribution in [0.2, 0.25) is 5.02 Å². The molecule has 0 radical (unpaired) electrons. The lowest BCUT2D eigenvalue weighted by Crippen LogP contribution is -2.28. The van der Waals surface area contributed by atoms with Crippen LogP contribution in [0.25, 0.3) is 6.08 Å². The minimum Gasteiger partial charge on any atom is -0.490 e. The predicted molar refractivity (Wildman–Crippen MR) is 208 cm³/mol. The number of aryl methyl sites for hydroxylation is 2. The molecule has 0 spiro atoms. The van der Waals surface area contributed by atoms with E-state index in [1.54, 1.807) is 11.0 Å². The zero-order valence-corrected chi connectivity index (χ0v) is 30.6. The fraction of sp³-hybridized carbons (Fsp3) is 0.190. The Kier molecular flexibility index (Phi) is 11.7. The fourth-order valence-electron chi connectivity index (χ4n) is 5.35. The maximum absolute atomic E-state index is 13.9. The molecule has 1 aliphatic rings. The Labute approximate surface area is 308 Å². The molecule has 7 nitrogen and oxygen atoms in total. The minimum absolute atomic E-state index is 0.176. The quantitative estimate of drug-likeness (QED) is 0.113. The number of nitrogens with zero attached hydrogens (tertiary/aromatic N) is 2. The summed E-state index contributed by atoms with van der Waals surface area (Å²) < 4.78 is 24.2. The van der Waals surface area contributed by atoms with Gasteiger partial charge in [-0.3, -0.25) is 9.69 Å². The maximum atomic E-state index is 13.9. The molecule has 1 saturated heterocycles. The molecule has 6 rings (SSSR count). The van der Waals surface area contributed by atoms with E-state index in [1.165, 1.54) is 11.8 Å². The molecule has 0 saturated carbocycles. The number of hydrogen-bond donors (Lipinski definition) is 0. The first kappa shape index (κ1) is 35.6. The highest BCUT2D eigenvalue weighted by atomic mass is 35.5. The van der Waals surface area contributed by atoms with E-state index in [1.807, 2.05) is 137 Å². The van der Waals surface area contributed by atoms with Crippen LogP contribution < -0.4 is 23.8 Å². The van der Waals surface area contributed by atoms with Gasteiger partial charge >= 0.3 is 0 Å². The van der Waals surface area contributed by atoms with Gasteiger partial charge < -0.3 is 18.9 Å². The van der Waals surface area contributed by atoms with Crippen molar-refractivity contribution < 1.29 is 23.7 Å². The Bertz CT molecular complexity index is 2050. The standard InChI is InChI=1S/C42H39ClN2O5S/c1-5-47-37-23-31(16-21-36(37)49-26-30-10-8-7-9-11-30)27-50-40-35(43)22-32(24-38(40)48-6-2)25-39-41(46)45(34-19-14-29(4)15-20-34)42(51-39)44-33-17-12-28(3)13-18-33/h7-25H,5-6,26-27H2,1-4H3/b39-25+,44-42?. The summed E-state index contributed by atoms with van der Waals surface area (Å²) in [5.41, 5.74) is 6.39. The van der Waals surface area contributed by atoms with Crippen LogP contribution in [0.4, 0.5) is 11.4 Å². The first-order valence-corrected chi connectivity index (χ1v) is 18.0. The molecular formula is C42H39ClN2O5S. The minimum atomic E-state index is -0.176. The number of amides is 1. The smallest absolute Gasteiger partial charge is 0.271 e. The number of halogens is 1. The van der Waals surface area contributed by atoms with E-state index in [-0.39, 0.29) is 12.5 Å². The van der Waals surface area contributed by atoms with Crippen LogP contribution in [0.15, 0.2) is 119 Å². The lowest BCUT2D eigenvalue weighted by molar-refractivity contribution is -0.113. The summed E-state index contributed by atoms with van der Waals surface area (Å²) >= 11 is 8.16. The summed E-state index contributed by atoms with van der Waals surface area (Å²) in [6.45, 7) is 9.42. The number of amidine groups is 1. The van der Waals surface area contributed by atoms with Crippen LogP contribution in [0.3, 0.4) is 0 Å². The van der Waals surface area contributed by atoms with Gasteiger partial charge in [-0.1, -0.05) is 83.4 Å². The van der Waals surface area contributed by atoms with E-state index >= 15 is 0 Å². The lowest BCUT2D eigenvalue weighted by Gasteiger charge is -2.16. The average Bonchev–Trinajstić information content (AvgIpc) is 3.42. The zero-order chi connectivity index (χ0) is 35.7. The molecule has 1 fully saturated rings. The van der Waals surface area contributed by atoms with E-state index in [0.717, 1.165) is 33.6 Å². The second-order valence-electron chi connectivity index (χ2n) is 11.9. The molecule has 260 valence electrons. The molecule has 5 aromatic rings. The van der Waals surface area contributed by atoms with Gasteiger partial charge in [-0.05, 0) is 111 Å². The van der Waals surface area contributed by atoms with Gasteiger partial charge in [0.25, 0.3) is 5.91 Å². The van der Waals surface area contributed by atoms with E-state index in [2.05, 4.69) is 0 Å². The molecule has 9 heteroatoms. The van der Waals surface area contributed by atoms with Gasteiger partial charge in [0.15, 0.2) is 28.2 Å². The molecule has 1 amide bonds. The molecule has 1 aliphatic heterocycles. The molecule has 0 aliphatic carbocycles. The number of anilines is 1. The van der Waals surface area contributed by atoms with Crippen LogP contribution in [0.5, 0.6) is 23.0 Å². The van der Waals surface area contributed by atoms with Crippen molar-refractivity contribution in [3.8, 4) is 23.0 Å². The van der Waals surface area contributed by atoms with Crippen molar-refractivity contribution in [2.75, 3.05) is 18.1 Å². The first-order valence-electron chi connectivity index (χ1n) is 16.8. The average molecular weight is 719 g/mol. The largest absolute Gasteiger partial charge is 0.490 e. The summed E-state index contributed by atoms with van der Waals surface area (Å²) in [6, 6.07) is 35.1. The topological polar surface area (TPSA) is 69.6 Å². The van der Waals surface area contributed by atoms with Gasteiger partial charge in [0.1, 0.15) is 13.2 Å². The van der Waals surface area contributed by atoms with Gasteiger partial charge in [-0.15, -0.1) is 0 Å². The van der Waals surface area contributed by atoms with Crippen molar-refractivity contribution in [3.05, 3.63) is 147 Å². The number of thioether (sulfide) groups is 1. The number of hydrogen-bond acceptors (Lipinski definition) is 7. The van der Waals surface area contributed by atoms with Crippen molar-refractivity contribution in [1.29, 1.82) is 0 Å². The Balaban J connectivity index is 1.24. The molecule has 1 heterocycles. The van der Waals surface area contributed by atoms with Crippen molar-refractivity contribution in [2.45, 2.75) is 40.9 Å². The van der Waals surface area contributed by atoms with Crippen LogP contribution in [0, 0.1) is 13.8 Å². The summed E-state index contributed by atoms with van der Waals surface area (Å²) in [5.74, 6) is 2.00. The molecule has 5 aromatic carbocycles. The molecule has 0 aromatic heterocycles. The van der Waals surface area contributed by atoms with E-state index in [9.17, 15) is 4.79 Å². The van der Waals surface area contributed by atoms with Gasteiger partial charge in [0.2, 0.25) is 0 Å². The third-order valence-electron chi connectivity index (χ3n) is 7.92. The number of carbonyl (C=O) groups is 1. The van der Waals surface area contributed by atoms with E-state index in [0.29, 0.717) is 63.5 Å². The molecule has 0 bridgehead atoms. The van der Waals surface area contributed by atoms with Crippen LogP contribution in [-0.2, 0) is 18.0 Å². The molecule has 0 atom stereocenters.